The molecule has 134 valence electrons. The fourth-order valence-electron chi connectivity index (χ4n) is 3.08. The highest BCUT2D eigenvalue weighted by atomic mass is 16.2. The molecule has 0 spiro atoms. The Labute approximate surface area is 153 Å². The average molecular weight is 349 g/mol. The minimum atomic E-state index is -0.899. The van der Waals surface area contributed by atoms with Crippen LogP contribution in [-0.4, -0.2) is 17.5 Å². The van der Waals surface area contributed by atoms with E-state index in [2.05, 4.69) is 24.3 Å². The van der Waals surface area contributed by atoms with Crippen LogP contribution >= 0.6 is 0 Å². The third-order valence-electron chi connectivity index (χ3n) is 4.23. The van der Waals surface area contributed by atoms with Crippen LogP contribution in [0.2, 0.25) is 0 Å². The van der Waals surface area contributed by atoms with Crippen LogP contribution in [0.1, 0.15) is 26.3 Å². The smallest absolute Gasteiger partial charge is 0.265 e. The molecule has 1 unspecified atom stereocenters. The monoisotopic (exact) mass is 349 g/mol. The zero-order chi connectivity index (χ0) is 18.7. The van der Waals surface area contributed by atoms with E-state index in [0.29, 0.717) is 23.0 Å². The highest BCUT2D eigenvalue weighted by Crippen LogP contribution is 2.25. The van der Waals surface area contributed by atoms with E-state index in [9.17, 15) is 9.59 Å². The summed E-state index contributed by atoms with van der Waals surface area (Å²) < 4.78 is 0. The number of nitrogens with zero attached hydrogens (tertiary/aromatic N) is 2. The second-order valence-electron chi connectivity index (χ2n) is 6.95. The summed E-state index contributed by atoms with van der Waals surface area (Å²) >= 11 is 0. The molecule has 0 saturated carbocycles. The van der Waals surface area contributed by atoms with Crippen molar-refractivity contribution in [1.82, 2.24) is 0 Å². The van der Waals surface area contributed by atoms with Gasteiger partial charge in [0, 0.05) is 5.69 Å². The molecule has 0 saturated heterocycles. The van der Waals surface area contributed by atoms with Gasteiger partial charge in [-0.2, -0.15) is 10.1 Å². The molecule has 1 aliphatic rings. The number of benzene rings is 2. The van der Waals surface area contributed by atoms with Gasteiger partial charge in [0.05, 0.1) is 11.4 Å². The zero-order valence-electron chi connectivity index (χ0n) is 15.3. The molecular weight excluding hydrogens is 326 g/mol. The Morgan fingerprint density at radius 2 is 1.88 bits per heavy atom. The topological polar surface area (TPSA) is 61.8 Å². The van der Waals surface area contributed by atoms with Crippen molar-refractivity contribution >= 4 is 28.9 Å². The van der Waals surface area contributed by atoms with E-state index in [1.807, 2.05) is 42.5 Å². The maximum Gasteiger partial charge on any atom is 0.265 e. The third kappa shape index (κ3) is 3.82. The van der Waals surface area contributed by atoms with Crippen LogP contribution in [0.15, 0.2) is 59.7 Å². The lowest BCUT2D eigenvalue weighted by molar-refractivity contribution is -0.127. The molecule has 0 radical (unpaired) electrons. The highest BCUT2D eigenvalue weighted by Gasteiger charge is 2.39. The molecule has 3 rings (SSSR count). The first kappa shape index (κ1) is 17.9. The van der Waals surface area contributed by atoms with Crippen molar-refractivity contribution in [1.29, 1.82) is 0 Å². The van der Waals surface area contributed by atoms with Crippen LogP contribution in [0.4, 0.5) is 11.4 Å². The van der Waals surface area contributed by atoms with Crippen LogP contribution in [0, 0.1) is 11.8 Å². The molecule has 0 bridgehead atoms. The minimum Gasteiger partial charge on any atom is -0.325 e. The first-order valence-electron chi connectivity index (χ1n) is 8.79. The number of hydrazone groups is 1. The van der Waals surface area contributed by atoms with Gasteiger partial charge < -0.3 is 5.32 Å². The SMILES string of the molecule is CC1=NN(c2ccccc2)C(=O)C1C(=O)Nc1cccc(CC(C)C)c1. The predicted molar refractivity (Wildman–Crippen MR) is 104 cm³/mol. The fraction of sp³-hybridized carbons (Fsp3) is 0.286. The van der Waals surface area contributed by atoms with Gasteiger partial charge in [0.2, 0.25) is 5.91 Å². The normalized spacial score (nSPS) is 16.8. The Morgan fingerprint density at radius 3 is 2.58 bits per heavy atom. The quantitative estimate of drug-likeness (QED) is 0.833. The molecule has 2 aromatic carbocycles. The van der Waals surface area contributed by atoms with Crippen molar-refractivity contribution in [2.24, 2.45) is 16.9 Å². The van der Waals surface area contributed by atoms with Crippen molar-refractivity contribution in [2.75, 3.05) is 10.3 Å². The summed E-state index contributed by atoms with van der Waals surface area (Å²) in [5, 5.41) is 8.44. The van der Waals surface area contributed by atoms with Crippen LogP contribution in [-0.2, 0) is 16.0 Å². The van der Waals surface area contributed by atoms with E-state index in [0.717, 1.165) is 12.0 Å². The number of carbonyl (C=O) groups excluding carboxylic acids is 2. The zero-order valence-corrected chi connectivity index (χ0v) is 15.3. The minimum absolute atomic E-state index is 0.329. The molecule has 26 heavy (non-hydrogen) atoms. The second-order valence-corrected chi connectivity index (χ2v) is 6.95. The van der Waals surface area contributed by atoms with Crippen molar-refractivity contribution in [2.45, 2.75) is 27.2 Å². The van der Waals surface area contributed by atoms with Gasteiger partial charge in [0.1, 0.15) is 0 Å². The van der Waals surface area contributed by atoms with E-state index in [-0.39, 0.29) is 11.8 Å². The van der Waals surface area contributed by atoms with Crippen molar-refractivity contribution < 1.29 is 9.59 Å². The summed E-state index contributed by atoms with van der Waals surface area (Å²) in [4.78, 5) is 25.4. The van der Waals surface area contributed by atoms with Crippen LogP contribution in [0.3, 0.4) is 0 Å². The van der Waals surface area contributed by atoms with Gasteiger partial charge in [-0.15, -0.1) is 0 Å². The summed E-state index contributed by atoms with van der Waals surface area (Å²) in [6.45, 7) is 6.02. The number of amides is 2. The van der Waals surface area contributed by atoms with E-state index in [4.69, 9.17) is 0 Å². The summed E-state index contributed by atoms with van der Waals surface area (Å²) in [5.41, 5.74) is 3.01. The highest BCUT2D eigenvalue weighted by molar-refractivity contribution is 6.28. The molecule has 1 N–H and O–H groups in total. The summed E-state index contributed by atoms with van der Waals surface area (Å²) in [6, 6.07) is 16.9. The summed E-state index contributed by atoms with van der Waals surface area (Å²) in [6.07, 6.45) is 0.939. The molecular formula is C21H23N3O2. The number of carbonyl (C=O) groups is 2. The molecule has 0 aromatic heterocycles. The largest absolute Gasteiger partial charge is 0.325 e. The van der Waals surface area contributed by atoms with Crippen LogP contribution in [0.25, 0.3) is 0 Å². The lowest BCUT2D eigenvalue weighted by Crippen LogP contribution is -2.36. The number of anilines is 2. The lowest BCUT2D eigenvalue weighted by Gasteiger charge is -2.15. The van der Waals surface area contributed by atoms with Gasteiger partial charge in [0.15, 0.2) is 5.92 Å². The van der Waals surface area contributed by atoms with Gasteiger partial charge >= 0.3 is 0 Å². The molecule has 5 nitrogen and oxygen atoms in total. The summed E-state index contributed by atoms with van der Waals surface area (Å²) in [7, 11) is 0. The third-order valence-corrected chi connectivity index (χ3v) is 4.23. The van der Waals surface area contributed by atoms with Gasteiger partial charge in [0.25, 0.3) is 5.91 Å². The Hall–Kier alpha value is -2.95. The van der Waals surface area contributed by atoms with Gasteiger partial charge in [-0.3, -0.25) is 9.59 Å². The standard InChI is InChI=1S/C21H23N3O2/c1-14(2)12-16-8-7-9-17(13-16)22-20(25)19-15(3)23-24(21(19)26)18-10-5-4-6-11-18/h4-11,13-14,19H,12H2,1-3H3,(H,22,25). The molecule has 1 heterocycles. The first-order valence-corrected chi connectivity index (χ1v) is 8.79. The number of hydrogen-bond acceptors (Lipinski definition) is 3. The Balaban J connectivity index is 1.74. The van der Waals surface area contributed by atoms with Crippen molar-refractivity contribution in [3.05, 3.63) is 60.2 Å². The predicted octanol–water partition coefficient (Wildman–Crippen LogP) is 3.86. The maximum absolute atomic E-state index is 12.7. The second kappa shape index (κ2) is 7.52. The summed E-state index contributed by atoms with van der Waals surface area (Å²) in [5.74, 6) is -1.05. The fourth-order valence-corrected chi connectivity index (χ4v) is 3.08. The Bertz CT molecular complexity index is 843. The van der Waals surface area contributed by atoms with E-state index < -0.39 is 5.92 Å². The molecule has 5 heteroatoms. The van der Waals surface area contributed by atoms with Gasteiger partial charge in [-0.1, -0.05) is 44.2 Å². The van der Waals surface area contributed by atoms with Crippen LogP contribution in [0.5, 0.6) is 0 Å². The lowest BCUT2D eigenvalue weighted by atomic mass is 10.0. The van der Waals surface area contributed by atoms with E-state index in [1.54, 1.807) is 19.1 Å². The van der Waals surface area contributed by atoms with Gasteiger partial charge in [-0.25, -0.2) is 0 Å². The van der Waals surface area contributed by atoms with Crippen molar-refractivity contribution in [3.8, 4) is 0 Å². The number of nitrogens with one attached hydrogen (secondary N) is 1. The molecule has 0 fully saturated rings. The number of hydrogen-bond donors (Lipinski definition) is 1. The molecule has 1 atom stereocenters. The Morgan fingerprint density at radius 1 is 1.15 bits per heavy atom. The number of rotatable bonds is 5. The molecule has 2 amide bonds. The van der Waals surface area contributed by atoms with Gasteiger partial charge in [-0.05, 0) is 49.1 Å². The van der Waals surface area contributed by atoms with Crippen molar-refractivity contribution in [3.63, 3.8) is 0 Å². The average Bonchev–Trinajstić information content (AvgIpc) is 2.90. The first-order chi connectivity index (χ1) is 12.5. The van der Waals surface area contributed by atoms with Crippen LogP contribution < -0.4 is 10.3 Å². The molecule has 1 aliphatic heterocycles. The van der Waals surface area contributed by atoms with E-state index in [1.165, 1.54) is 5.01 Å². The molecule has 0 aliphatic carbocycles. The molecule has 2 aromatic rings. The Kier molecular flexibility index (Phi) is 5.16. The number of para-hydroxylation sites is 1. The van der Waals surface area contributed by atoms with E-state index >= 15 is 0 Å². The maximum atomic E-state index is 12.7.